The molecule has 1 unspecified atom stereocenters. The largest absolute Gasteiger partial charge is 0.497 e. The molecule has 6 nitrogen and oxygen atoms in total. The second kappa shape index (κ2) is 10.4. The van der Waals surface area contributed by atoms with Crippen molar-refractivity contribution in [2.75, 3.05) is 27.3 Å². The second-order valence-electron chi connectivity index (χ2n) is 5.86. The van der Waals surface area contributed by atoms with Crippen LogP contribution < -0.4 is 20.1 Å². The third-order valence-corrected chi connectivity index (χ3v) is 3.90. The molecule has 0 spiro atoms. The fraction of sp³-hybridized carbons (Fsp3) is 0.350. The van der Waals surface area contributed by atoms with Crippen molar-refractivity contribution in [3.63, 3.8) is 0 Å². The van der Waals surface area contributed by atoms with E-state index in [0.29, 0.717) is 36.1 Å². The Kier molecular flexibility index (Phi) is 7.88. The second-order valence-corrected chi connectivity index (χ2v) is 5.86. The monoisotopic (exact) mass is 375 g/mol. The van der Waals surface area contributed by atoms with Gasteiger partial charge in [-0.2, -0.15) is 0 Å². The fourth-order valence-corrected chi connectivity index (χ4v) is 2.43. The van der Waals surface area contributed by atoms with Crippen LogP contribution in [0.2, 0.25) is 0 Å². The topological polar surface area (TPSA) is 75.1 Å². The number of hydrogen-bond acceptors (Lipinski definition) is 4. The van der Waals surface area contributed by atoms with Crippen LogP contribution in [0.5, 0.6) is 11.5 Å². The average molecular weight is 375 g/mol. The zero-order valence-corrected chi connectivity index (χ0v) is 15.8. The third kappa shape index (κ3) is 6.45. The lowest BCUT2D eigenvalue weighted by molar-refractivity contribution is 0.180. The molecule has 1 atom stereocenters. The molecule has 3 N–H and O–H groups in total. The summed E-state index contributed by atoms with van der Waals surface area (Å²) in [5, 5.41) is 16.7. The van der Waals surface area contributed by atoms with Crippen LogP contribution in [0.1, 0.15) is 24.2 Å². The van der Waals surface area contributed by atoms with Gasteiger partial charge >= 0.3 is 0 Å². The summed E-state index contributed by atoms with van der Waals surface area (Å²) < 4.78 is 23.4. The first-order valence-corrected chi connectivity index (χ1v) is 8.73. The number of guanidine groups is 1. The van der Waals surface area contributed by atoms with E-state index < -0.39 is 6.10 Å². The molecule has 0 amide bonds. The number of hydrogen-bond donors (Lipinski definition) is 3. The Bertz CT molecular complexity index is 728. The molecule has 0 fully saturated rings. The van der Waals surface area contributed by atoms with Gasteiger partial charge in [0, 0.05) is 19.2 Å². The molecule has 2 rings (SSSR count). The van der Waals surface area contributed by atoms with Crippen molar-refractivity contribution in [2.45, 2.75) is 19.6 Å². The van der Waals surface area contributed by atoms with Gasteiger partial charge in [0.15, 0.2) is 5.96 Å². The number of rotatable bonds is 8. The molecule has 0 saturated heterocycles. The van der Waals surface area contributed by atoms with Gasteiger partial charge in [0.25, 0.3) is 0 Å². The van der Waals surface area contributed by atoms with E-state index in [2.05, 4.69) is 15.6 Å². The van der Waals surface area contributed by atoms with Crippen LogP contribution in [0.25, 0.3) is 0 Å². The molecule has 0 saturated carbocycles. The summed E-state index contributed by atoms with van der Waals surface area (Å²) >= 11 is 0. The van der Waals surface area contributed by atoms with Gasteiger partial charge in [0.1, 0.15) is 17.3 Å². The molecule has 0 radical (unpaired) electrons. The van der Waals surface area contributed by atoms with E-state index in [1.54, 1.807) is 44.6 Å². The number of methoxy groups -OCH3 is 2. The predicted octanol–water partition coefficient (Wildman–Crippen LogP) is 2.63. The van der Waals surface area contributed by atoms with E-state index in [4.69, 9.17) is 9.47 Å². The van der Waals surface area contributed by atoms with Gasteiger partial charge in [0.2, 0.25) is 0 Å². The predicted molar refractivity (Wildman–Crippen MR) is 104 cm³/mol. The Morgan fingerprint density at radius 2 is 1.70 bits per heavy atom. The van der Waals surface area contributed by atoms with Crippen LogP contribution in [0, 0.1) is 5.82 Å². The van der Waals surface area contributed by atoms with E-state index in [1.165, 1.54) is 12.1 Å². The van der Waals surface area contributed by atoms with Gasteiger partial charge in [-0.15, -0.1) is 0 Å². The van der Waals surface area contributed by atoms with E-state index in [-0.39, 0.29) is 12.4 Å². The lowest BCUT2D eigenvalue weighted by atomic mass is 10.1. The van der Waals surface area contributed by atoms with Crippen LogP contribution >= 0.6 is 0 Å². The Labute approximate surface area is 159 Å². The maximum atomic E-state index is 13.0. The maximum Gasteiger partial charge on any atom is 0.191 e. The minimum Gasteiger partial charge on any atom is -0.497 e. The van der Waals surface area contributed by atoms with Crippen LogP contribution in [0.4, 0.5) is 4.39 Å². The lowest BCUT2D eigenvalue weighted by Crippen LogP contribution is -2.39. The summed E-state index contributed by atoms with van der Waals surface area (Å²) in [5.41, 5.74) is 1.57. The lowest BCUT2D eigenvalue weighted by Gasteiger charge is -2.17. The van der Waals surface area contributed by atoms with Gasteiger partial charge in [-0.1, -0.05) is 12.1 Å². The van der Waals surface area contributed by atoms with Crippen LogP contribution in [0.3, 0.4) is 0 Å². The number of ether oxygens (including phenoxy) is 2. The minimum absolute atomic E-state index is 0.256. The molecule has 0 aliphatic rings. The minimum atomic E-state index is -0.774. The summed E-state index contributed by atoms with van der Waals surface area (Å²) in [5.74, 6) is 1.51. The quantitative estimate of drug-likeness (QED) is 0.489. The van der Waals surface area contributed by atoms with Crippen molar-refractivity contribution in [3.05, 3.63) is 59.4 Å². The molecule has 0 aliphatic heterocycles. The molecular formula is C20H26FN3O3. The molecule has 0 aromatic heterocycles. The van der Waals surface area contributed by atoms with Crippen molar-refractivity contribution >= 4 is 5.96 Å². The number of aliphatic imine (C=N–C) groups is 1. The van der Waals surface area contributed by atoms with Gasteiger partial charge in [-0.05, 0) is 42.3 Å². The molecule has 0 aliphatic carbocycles. The molecule has 0 heterocycles. The Hall–Kier alpha value is -2.80. The summed E-state index contributed by atoms with van der Waals surface area (Å²) in [6.07, 6.45) is -0.774. The standard InChI is InChI=1S/C20H26FN3O3/c1-4-22-20(23-12-14-5-7-16(21)8-6-14)24-13-19(25)15-9-17(26-2)11-18(10-15)27-3/h5-11,19,25H,4,12-13H2,1-3H3,(H2,22,23,24). The third-order valence-electron chi connectivity index (χ3n) is 3.90. The maximum absolute atomic E-state index is 13.0. The first-order chi connectivity index (χ1) is 13.0. The normalized spacial score (nSPS) is 12.4. The highest BCUT2D eigenvalue weighted by Crippen LogP contribution is 2.26. The zero-order chi connectivity index (χ0) is 19.6. The molecule has 2 aromatic rings. The molecule has 27 heavy (non-hydrogen) atoms. The Morgan fingerprint density at radius 1 is 1.07 bits per heavy atom. The highest BCUT2D eigenvalue weighted by molar-refractivity contribution is 5.79. The summed E-state index contributed by atoms with van der Waals surface area (Å²) in [6, 6.07) is 11.5. The van der Waals surface area contributed by atoms with E-state index in [9.17, 15) is 9.50 Å². The van der Waals surface area contributed by atoms with Gasteiger partial charge in [-0.25, -0.2) is 9.38 Å². The molecule has 7 heteroatoms. The van der Waals surface area contributed by atoms with Crippen LogP contribution in [-0.4, -0.2) is 38.4 Å². The average Bonchev–Trinajstić information content (AvgIpc) is 2.70. The van der Waals surface area contributed by atoms with Crippen LogP contribution in [-0.2, 0) is 6.54 Å². The van der Waals surface area contributed by atoms with Crippen LogP contribution in [0.15, 0.2) is 47.5 Å². The van der Waals surface area contributed by atoms with Crippen molar-refractivity contribution < 1.29 is 19.0 Å². The smallest absolute Gasteiger partial charge is 0.191 e. The van der Waals surface area contributed by atoms with E-state index >= 15 is 0 Å². The zero-order valence-electron chi connectivity index (χ0n) is 15.8. The van der Waals surface area contributed by atoms with Crippen molar-refractivity contribution in [3.8, 4) is 11.5 Å². The molecule has 2 aromatic carbocycles. The molecule has 0 bridgehead atoms. The highest BCUT2D eigenvalue weighted by Gasteiger charge is 2.12. The van der Waals surface area contributed by atoms with Crippen molar-refractivity contribution in [1.29, 1.82) is 0 Å². The number of halogens is 1. The Morgan fingerprint density at radius 3 is 2.26 bits per heavy atom. The SMILES string of the molecule is CCNC(=NCc1ccc(F)cc1)NCC(O)c1cc(OC)cc(OC)c1. The van der Waals surface area contributed by atoms with Gasteiger partial charge < -0.3 is 25.2 Å². The number of aliphatic hydroxyl groups excluding tert-OH is 1. The fourth-order valence-electron chi connectivity index (χ4n) is 2.43. The molecule has 146 valence electrons. The number of nitrogens with one attached hydrogen (secondary N) is 2. The first kappa shape index (κ1) is 20.5. The summed E-state index contributed by atoms with van der Waals surface area (Å²) in [4.78, 5) is 4.46. The highest BCUT2D eigenvalue weighted by atomic mass is 19.1. The summed E-state index contributed by atoms with van der Waals surface area (Å²) in [7, 11) is 3.13. The summed E-state index contributed by atoms with van der Waals surface area (Å²) in [6.45, 7) is 3.29. The molecular weight excluding hydrogens is 349 g/mol. The van der Waals surface area contributed by atoms with Gasteiger partial charge in [-0.3, -0.25) is 0 Å². The Balaban J connectivity index is 2.01. The van der Waals surface area contributed by atoms with E-state index in [0.717, 1.165) is 5.56 Å². The number of benzene rings is 2. The van der Waals surface area contributed by atoms with Crippen molar-refractivity contribution in [2.24, 2.45) is 4.99 Å². The van der Waals surface area contributed by atoms with Crippen molar-refractivity contribution in [1.82, 2.24) is 10.6 Å². The number of aliphatic hydroxyl groups is 1. The first-order valence-electron chi connectivity index (χ1n) is 8.73. The van der Waals surface area contributed by atoms with E-state index in [1.807, 2.05) is 6.92 Å². The number of nitrogens with zero attached hydrogens (tertiary/aromatic N) is 1. The van der Waals surface area contributed by atoms with Gasteiger partial charge in [0.05, 0.1) is 26.9 Å².